The lowest BCUT2D eigenvalue weighted by Crippen LogP contribution is -2.34. The summed E-state index contributed by atoms with van der Waals surface area (Å²) in [7, 11) is 0. The van der Waals surface area contributed by atoms with Crippen LogP contribution in [0.5, 0.6) is 0 Å². The van der Waals surface area contributed by atoms with Crippen LogP contribution >= 0.6 is 0 Å². The lowest BCUT2D eigenvalue weighted by atomic mass is 9.79. The zero-order valence-corrected chi connectivity index (χ0v) is 25.0. The second kappa shape index (κ2) is 15.5. The Morgan fingerprint density at radius 3 is 2.45 bits per heavy atom. The molecule has 6 nitrogen and oxygen atoms in total. The number of nitrogens with zero attached hydrogens (tertiary/aromatic N) is 1. The second-order valence-corrected chi connectivity index (χ2v) is 11.4. The molecule has 42 heavy (non-hydrogen) atoms. The maximum absolute atomic E-state index is 12.6. The summed E-state index contributed by atoms with van der Waals surface area (Å²) in [4.78, 5) is 29.1. The van der Waals surface area contributed by atoms with Crippen LogP contribution in [0, 0.1) is 5.41 Å². The Morgan fingerprint density at radius 2 is 1.76 bits per heavy atom. The van der Waals surface area contributed by atoms with Gasteiger partial charge in [-0.3, -0.25) is 14.6 Å². The molecule has 0 spiro atoms. The summed E-state index contributed by atoms with van der Waals surface area (Å²) in [5.74, 6) is -0.435. The highest BCUT2D eigenvalue weighted by Gasteiger charge is 2.37. The van der Waals surface area contributed by atoms with E-state index in [1.807, 2.05) is 62.4 Å². The van der Waals surface area contributed by atoms with Crippen LogP contribution in [0.4, 0.5) is 5.69 Å². The molecule has 0 aliphatic heterocycles. The monoisotopic (exact) mass is 568 g/mol. The van der Waals surface area contributed by atoms with E-state index in [0.29, 0.717) is 31.7 Å². The quantitative estimate of drug-likeness (QED) is 0.170. The Bertz CT molecular complexity index is 1340. The molecular formula is C36H44N2O4. The number of benzene rings is 2. The number of hydrogen-bond acceptors (Lipinski definition) is 4. The molecule has 6 heteroatoms. The molecular weight excluding hydrogens is 524 g/mol. The van der Waals surface area contributed by atoms with Crippen molar-refractivity contribution in [2.45, 2.75) is 84.2 Å². The van der Waals surface area contributed by atoms with Crippen molar-refractivity contribution in [3.8, 4) is 0 Å². The first-order chi connectivity index (χ1) is 20.4. The molecule has 0 atom stereocenters. The minimum Gasteiger partial charge on any atom is -0.481 e. The summed E-state index contributed by atoms with van der Waals surface area (Å²) in [6.45, 7) is 4.81. The lowest BCUT2D eigenvalue weighted by molar-refractivity contribution is -0.151. The SMILES string of the molecule is CCC(CC)(CC(=O)Nc1cccc(/C=C/c2cccc(COCCCCc3ccc(C4CCC4)cc3)n2)c1)C(=O)O. The number of carbonyl (C=O) groups is 2. The molecule has 0 saturated heterocycles. The standard InChI is InChI=1S/C36H44N2O4/c1-3-36(4-2,35(40)41)25-34(39)38-32-15-7-11-28(24-32)19-22-31-14-9-16-33(37-31)26-42-23-6-5-10-27-17-20-30(21-18-27)29-12-8-13-29/h7,9,11,14-22,24,29H,3-6,8,10,12-13,23,25-26H2,1-2H3,(H,38,39)(H,40,41)/b22-19+. The maximum atomic E-state index is 12.6. The molecule has 0 radical (unpaired) electrons. The van der Waals surface area contributed by atoms with Gasteiger partial charge in [0.2, 0.25) is 5.91 Å². The first kappa shape index (κ1) is 31.2. The van der Waals surface area contributed by atoms with Crippen molar-refractivity contribution >= 4 is 29.7 Å². The Hall–Kier alpha value is -3.77. The van der Waals surface area contributed by atoms with Crippen molar-refractivity contribution in [1.29, 1.82) is 0 Å². The smallest absolute Gasteiger partial charge is 0.310 e. The third-order valence-corrected chi connectivity index (χ3v) is 8.56. The Balaban J connectivity index is 1.20. The topological polar surface area (TPSA) is 88.5 Å². The number of unbranched alkanes of at least 4 members (excludes halogenated alkanes) is 1. The number of aryl methyl sites for hydroxylation is 1. The number of carboxylic acids is 1. The number of ether oxygens (including phenoxy) is 1. The Labute approximate surface area is 250 Å². The number of hydrogen-bond donors (Lipinski definition) is 2. The van der Waals surface area contributed by atoms with E-state index in [0.717, 1.165) is 42.1 Å². The van der Waals surface area contributed by atoms with Crippen molar-refractivity contribution in [2.24, 2.45) is 5.41 Å². The Morgan fingerprint density at radius 1 is 1.00 bits per heavy atom. The number of aliphatic carboxylic acids is 1. The molecule has 0 bridgehead atoms. The number of nitrogens with one attached hydrogen (secondary N) is 1. The maximum Gasteiger partial charge on any atom is 0.310 e. The molecule has 222 valence electrons. The van der Waals surface area contributed by atoms with E-state index in [9.17, 15) is 14.7 Å². The molecule has 1 aliphatic carbocycles. The predicted molar refractivity (Wildman–Crippen MR) is 169 cm³/mol. The van der Waals surface area contributed by atoms with E-state index in [4.69, 9.17) is 9.72 Å². The van der Waals surface area contributed by atoms with Gasteiger partial charge in [-0.2, -0.15) is 0 Å². The third kappa shape index (κ3) is 8.86. The van der Waals surface area contributed by atoms with Gasteiger partial charge in [-0.1, -0.05) is 68.8 Å². The highest BCUT2D eigenvalue weighted by Crippen LogP contribution is 2.36. The Kier molecular flexibility index (Phi) is 11.5. The fourth-order valence-corrected chi connectivity index (χ4v) is 5.37. The van der Waals surface area contributed by atoms with E-state index in [1.165, 1.54) is 30.4 Å². The number of aromatic nitrogens is 1. The van der Waals surface area contributed by atoms with Gasteiger partial charge in [-0.25, -0.2) is 0 Å². The highest BCUT2D eigenvalue weighted by atomic mass is 16.5. The minimum absolute atomic E-state index is 0.0533. The van der Waals surface area contributed by atoms with Gasteiger partial charge >= 0.3 is 5.97 Å². The molecule has 1 amide bonds. The van der Waals surface area contributed by atoms with Gasteiger partial charge in [-0.05, 0) is 97.9 Å². The minimum atomic E-state index is -1.04. The molecule has 1 fully saturated rings. The van der Waals surface area contributed by atoms with Crippen LogP contribution in [0.2, 0.25) is 0 Å². The summed E-state index contributed by atoms with van der Waals surface area (Å²) >= 11 is 0. The van der Waals surface area contributed by atoms with Crippen LogP contribution in [-0.4, -0.2) is 28.6 Å². The van der Waals surface area contributed by atoms with E-state index < -0.39 is 11.4 Å². The van der Waals surface area contributed by atoms with Crippen molar-refractivity contribution in [3.05, 3.63) is 94.8 Å². The van der Waals surface area contributed by atoms with E-state index in [-0.39, 0.29) is 12.3 Å². The fourth-order valence-electron chi connectivity index (χ4n) is 5.37. The van der Waals surface area contributed by atoms with Crippen LogP contribution in [0.15, 0.2) is 66.7 Å². The summed E-state index contributed by atoms with van der Waals surface area (Å²) in [6, 6.07) is 22.6. The van der Waals surface area contributed by atoms with Crippen LogP contribution in [0.25, 0.3) is 12.2 Å². The summed E-state index contributed by atoms with van der Waals surface area (Å²) in [6.07, 6.45) is 11.9. The number of carboxylic acid groups (broad SMARTS) is 1. The van der Waals surface area contributed by atoms with Crippen molar-refractivity contribution in [1.82, 2.24) is 4.98 Å². The van der Waals surface area contributed by atoms with Crippen LogP contribution in [0.1, 0.15) is 99.2 Å². The summed E-state index contributed by atoms with van der Waals surface area (Å²) < 4.78 is 5.90. The van der Waals surface area contributed by atoms with E-state index in [2.05, 4.69) is 29.6 Å². The van der Waals surface area contributed by atoms with Crippen LogP contribution in [0.3, 0.4) is 0 Å². The molecule has 2 aromatic carbocycles. The summed E-state index contributed by atoms with van der Waals surface area (Å²) in [5.41, 5.74) is 5.12. The number of anilines is 1. The molecule has 1 aliphatic rings. The van der Waals surface area contributed by atoms with Crippen molar-refractivity contribution in [3.63, 3.8) is 0 Å². The van der Waals surface area contributed by atoms with Gasteiger partial charge < -0.3 is 15.2 Å². The lowest BCUT2D eigenvalue weighted by Gasteiger charge is -2.25. The van der Waals surface area contributed by atoms with E-state index in [1.54, 1.807) is 6.07 Å². The van der Waals surface area contributed by atoms with Gasteiger partial charge in [0.05, 0.1) is 23.4 Å². The van der Waals surface area contributed by atoms with Gasteiger partial charge in [0.1, 0.15) is 0 Å². The predicted octanol–water partition coefficient (Wildman–Crippen LogP) is 8.28. The molecule has 3 aromatic rings. The first-order valence-electron chi connectivity index (χ1n) is 15.3. The normalized spacial score (nSPS) is 13.7. The second-order valence-electron chi connectivity index (χ2n) is 11.4. The number of amides is 1. The fraction of sp³-hybridized carbons (Fsp3) is 0.417. The van der Waals surface area contributed by atoms with Crippen LogP contribution < -0.4 is 5.32 Å². The van der Waals surface area contributed by atoms with Crippen molar-refractivity contribution in [2.75, 3.05) is 11.9 Å². The molecule has 1 aromatic heterocycles. The highest BCUT2D eigenvalue weighted by molar-refractivity contribution is 5.94. The number of pyridine rings is 1. The number of rotatable bonds is 16. The van der Waals surface area contributed by atoms with Crippen LogP contribution in [-0.2, 0) is 27.4 Å². The molecule has 4 rings (SSSR count). The van der Waals surface area contributed by atoms with Gasteiger partial charge in [0.25, 0.3) is 0 Å². The van der Waals surface area contributed by atoms with Gasteiger partial charge in [0.15, 0.2) is 0 Å². The third-order valence-electron chi connectivity index (χ3n) is 8.56. The van der Waals surface area contributed by atoms with Gasteiger partial charge in [-0.15, -0.1) is 0 Å². The first-order valence-corrected chi connectivity index (χ1v) is 15.3. The van der Waals surface area contributed by atoms with Crippen molar-refractivity contribution < 1.29 is 19.4 Å². The molecule has 0 unspecified atom stereocenters. The zero-order chi connectivity index (χ0) is 29.8. The average Bonchev–Trinajstić information content (AvgIpc) is 2.97. The molecule has 1 heterocycles. The summed E-state index contributed by atoms with van der Waals surface area (Å²) in [5, 5.41) is 12.5. The molecule has 1 saturated carbocycles. The average molecular weight is 569 g/mol. The van der Waals surface area contributed by atoms with E-state index >= 15 is 0 Å². The van der Waals surface area contributed by atoms with Gasteiger partial charge in [0, 0.05) is 18.7 Å². The largest absolute Gasteiger partial charge is 0.481 e. The number of carbonyl (C=O) groups excluding carboxylic acids is 1. The zero-order valence-electron chi connectivity index (χ0n) is 25.0. The molecule has 2 N–H and O–H groups in total.